The van der Waals surface area contributed by atoms with E-state index >= 15 is 0 Å². The van der Waals surface area contributed by atoms with Gasteiger partial charge in [-0.1, -0.05) is 11.2 Å². The molecule has 1 fully saturated rings. The van der Waals surface area contributed by atoms with Gasteiger partial charge in [-0.25, -0.2) is 14.4 Å². The Balaban J connectivity index is 1.47. The molecule has 1 aromatic heterocycles. The summed E-state index contributed by atoms with van der Waals surface area (Å²) in [7, 11) is 1.63. The van der Waals surface area contributed by atoms with Crippen LogP contribution in [0.4, 0.5) is 4.39 Å². The number of hydrogen-bond donors (Lipinski definition) is 1. The van der Waals surface area contributed by atoms with Gasteiger partial charge in [-0.15, -0.1) is 0 Å². The maximum absolute atomic E-state index is 13.5. The summed E-state index contributed by atoms with van der Waals surface area (Å²) in [5.41, 5.74) is 3.23. The van der Waals surface area contributed by atoms with Crippen LogP contribution in [-0.2, 0) is 10.6 Å². The van der Waals surface area contributed by atoms with Gasteiger partial charge in [-0.2, -0.15) is 0 Å². The zero-order valence-electron chi connectivity index (χ0n) is 18.1. The van der Waals surface area contributed by atoms with Crippen LogP contribution in [0.2, 0.25) is 0 Å². The van der Waals surface area contributed by atoms with Crippen molar-refractivity contribution in [3.63, 3.8) is 0 Å². The Morgan fingerprint density at radius 1 is 1.18 bits per heavy atom. The molecule has 1 N–H and O–H groups in total. The summed E-state index contributed by atoms with van der Waals surface area (Å²) in [6.45, 7) is 0.366. The van der Waals surface area contributed by atoms with Gasteiger partial charge >= 0.3 is 0 Å². The normalized spacial score (nSPS) is 20.9. The highest BCUT2D eigenvalue weighted by atomic mass is 19.1. The van der Waals surface area contributed by atoms with Crippen molar-refractivity contribution in [3.05, 3.63) is 83.7 Å². The number of ether oxygens (including phenoxy) is 1. The number of rotatable bonds is 5. The molecule has 0 aliphatic carbocycles. The van der Waals surface area contributed by atoms with Gasteiger partial charge in [0, 0.05) is 35.6 Å². The van der Waals surface area contributed by atoms with Crippen molar-refractivity contribution in [2.24, 2.45) is 5.16 Å². The van der Waals surface area contributed by atoms with E-state index in [1.807, 2.05) is 23.1 Å². The first-order valence-electron chi connectivity index (χ1n) is 10.7. The van der Waals surface area contributed by atoms with Crippen LogP contribution in [0.25, 0.3) is 17.2 Å². The monoisotopic (exact) mass is 446 g/mol. The van der Waals surface area contributed by atoms with E-state index in [0.29, 0.717) is 23.7 Å². The Hall–Kier alpha value is -3.78. The highest BCUT2D eigenvalue weighted by Gasteiger charge is 2.49. The van der Waals surface area contributed by atoms with Gasteiger partial charge in [0.2, 0.25) is 0 Å². The molecule has 0 spiro atoms. The van der Waals surface area contributed by atoms with Crippen LogP contribution in [-0.4, -0.2) is 46.1 Å². The maximum Gasteiger partial charge on any atom is 0.260 e. The van der Waals surface area contributed by atoms with Crippen molar-refractivity contribution in [2.45, 2.75) is 18.6 Å². The second kappa shape index (κ2) is 8.63. The molecule has 0 amide bonds. The molecule has 2 aliphatic heterocycles. The topological polar surface area (TPSA) is 80.1 Å². The van der Waals surface area contributed by atoms with Crippen molar-refractivity contribution in [1.82, 2.24) is 14.9 Å². The molecule has 3 aromatic rings. The van der Waals surface area contributed by atoms with E-state index in [4.69, 9.17) is 9.57 Å². The zero-order valence-corrected chi connectivity index (χ0v) is 18.1. The molecule has 1 unspecified atom stereocenters. The number of hydrogen-bond acceptors (Lipinski definition) is 7. The molecule has 1 atom stereocenters. The summed E-state index contributed by atoms with van der Waals surface area (Å²) >= 11 is 0. The van der Waals surface area contributed by atoms with E-state index in [-0.39, 0.29) is 12.4 Å². The molecule has 0 radical (unpaired) electrons. The van der Waals surface area contributed by atoms with Gasteiger partial charge in [0.15, 0.2) is 5.84 Å². The number of aromatic nitrogens is 2. The summed E-state index contributed by atoms with van der Waals surface area (Å²) in [6, 6.07) is 11.9. The van der Waals surface area contributed by atoms with Crippen LogP contribution >= 0.6 is 0 Å². The molecule has 8 heteroatoms. The fourth-order valence-corrected chi connectivity index (χ4v) is 4.38. The fourth-order valence-electron chi connectivity index (χ4n) is 4.38. The number of piperidine rings is 1. The molecule has 168 valence electrons. The number of aliphatic hydroxyl groups excluding tert-OH is 1. The summed E-state index contributed by atoms with van der Waals surface area (Å²) in [4.78, 5) is 15.9. The summed E-state index contributed by atoms with van der Waals surface area (Å²) in [5.74, 6) is 1.05. The van der Waals surface area contributed by atoms with E-state index in [2.05, 4.69) is 21.2 Å². The number of oxime groups is 1. The predicted molar refractivity (Wildman–Crippen MR) is 122 cm³/mol. The Labute approximate surface area is 190 Å². The lowest BCUT2D eigenvalue weighted by Crippen LogP contribution is -2.51. The van der Waals surface area contributed by atoms with Crippen LogP contribution in [0.15, 0.2) is 71.9 Å². The second-order valence-corrected chi connectivity index (χ2v) is 7.97. The molecule has 33 heavy (non-hydrogen) atoms. The van der Waals surface area contributed by atoms with E-state index < -0.39 is 5.72 Å². The molecule has 2 aromatic carbocycles. The molecule has 1 saturated heterocycles. The zero-order chi connectivity index (χ0) is 22.8. The van der Waals surface area contributed by atoms with Crippen LogP contribution in [0.1, 0.15) is 24.0 Å². The van der Waals surface area contributed by atoms with E-state index in [9.17, 15) is 9.50 Å². The van der Waals surface area contributed by atoms with Crippen molar-refractivity contribution >= 4 is 11.9 Å². The van der Waals surface area contributed by atoms with Crippen molar-refractivity contribution in [2.75, 3.05) is 20.3 Å². The van der Waals surface area contributed by atoms with Crippen LogP contribution in [0.3, 0.4) is 0 Å². The lowest BCUT2D eigenvalue weighted by Gasteiger charge is -2.38. The molecule has 0 bridgehead atoms. The number of aliphatic hydroxyl groups is 1. The average Bonchev–Trinajstić information content (AvgIpc) is 3.26. The van der Waals surface area contributed by atoms with Crippen molar-refractivity contribution in [1.29, 1.82) is 0 Å². The van der Waals surface area contributed by atoms with Gasteiger partial charge in [-0.05, 0) is 66.5 Å². The number of amidine groups is 1. The fraction of sp³-hybridized carbons (Fsp3) is 0.240. The molecule has 2 aliphatic rings. The van der Waals surface area contributed by atoms with Crippen LogP contribution < -0.4 is 4.74 Å². The SMILES string of the molecule is COc1cc(/C=C2\CCCN3C2=NOC3(CO)c2ccc(F)cc2)ccc1-c1cncnc1. The smallest absolute Gasteiger partial charge is 0.260 e. The van der Waals surface area contributed by atoms with Crippen LogP contribution in [0, 0.1) is 5.82 Å². The largest absolute Gasteiger partial charge is 0.496 e. The summed E-state index contributed by atoms with van der Waals surface area (Å²) in [6.07, 6.45) is 8.73. The van der Waals surface area contributed by atoms with E-state index in [0.717, 1.165) is 35.1 Å². The minimum Gasteiger partial charge on any atom is -0.496 e. The first-order chi connectivity index (χ1) is 16.1. The third-order valence-corrected chi connectivity index (χ3v) is 6.04. The maximum atomic E-state index is 13.5. The summed E-state index contributed by atoms with van der Waals surface area (Å²) in [5, 5.41) is 14.6. The van der Waals surface area contributed by atoms with E-state index in [1.54, 1.807) is 31.6 Å². The number of nitrogens with zero attached hydrogens (tertiary/aromatic N) is 4. The third kappa shape index (κ3) is 3.72. The number of halogens is 1. The minimum atomic E-state index is -1.16. The summed E-state index contributed by atoms with van der Waals surface area (Å²) < 4.78 is 19.1. The highest BCUT2D eigenvalue weighted by molar-refractivity contribution is 6.03. The van der Waals surface area contributed by atoms with Gasteiger partial charge in [0.25, 0.3) is 5.72 Å². The molecular formula is C25H23FN4O3. The average molecular weight is 446 g/mol. The lowest BCUT2D eigenvalue weighted by atomic mass is 9.94. The first-order valence-corrected chi connectivity index (χ1v) is 10.7. The Morgan fingerprint density at radius 3 is 2.70 bits per heavy atom. The quantitative estimate of drug-likeness (QED) is 0.639. The molecule has 0 saturated carbocycles. The van der Waals surface area contributed by atoms with Gasteiger partial charge in [-0.3, -0.25) is 0 Å². The molecule has 5 rings (SSSR count). The first kappa shape index (κ1) is 21.1. The standard InChI is InChI=1S/C25H23FN4O3/c1-32-23-12-17(4-9-22(23)19-13-27-16-28-14-19)11-18-3-2-10-30-24(18)29-33-25(30,15-31)20-5-7-21(26)8-6-20/h4-9,11-14,16,31H,2-3,10,15H2,1H3/b18-11+. The van der Waals surface area contributed by atoms with Crippen LogP contribution in [0.5, 0.6) is 5.75 Å². The Kier molecular flexibility index (Phi) is 5.51. The lowest BCUT2D eigenvalue weighted by molar-refractivity contribution is -0.137. The van der Waals surface area contributed by atoms with Crippen molar-refractivity contribution in [3.8, 4) is 16.9 Å². The molecule has 7 nitrogen and oxygen atoms in total. The minimum absolute atomic E-state index is 0.305. The van der Waals surface area contributed by atoms with Crippen molar-refractivity contribution < 1.29 is 19.1 Å². The van der Waals surface area contributed by atoms with E-state index in [1.165, 1.54) is 18.5 Å². The Morgan fingerprint density at radius 2 is 1.97 bits per heavy atom. The highest BCUT2D eigenvalue weighted by Crippen LogP contribution is 2.40. The Bertz CT molecular complexity index is 1210. The third-order valence-electron chi connectivity index (χ3n) is 6.04. The van der Waals surface area contributed by atoms with Gasteiger partial charge in [0.1, 0.15) is 24.5 Å². The van der Waals surface area contributed by atoms with Gasteiger partial charge in [0.05, 0.1) is 7.11 Å². The number of methoxy groups -OCH3 is 1. The van der Waals surface area contributed by atoms with Gasteiger partial charge < -0.3 is 19.6 Å². The predicted octanol–water partition coefficient (Wildman–Crippen LogP) is 3.96. The number of fused-ring (bicyclic) bond motifs is 1. The molecule has 3 heterocycles. The molecular weight excluding hydrogens is 423 g/mol. The number of benzene rings is 2. The second-order valence-electron chi connectivity index (χ2n) is 7.97.